The van der Waals surface area contributed by atoms with Gasteiger partial charge in [0.15, 0.2) is 15.8 Å². The summed E-state index contributed by atoms with van der Waals surface area (Å²) in [5.41, 5.74) is 6.42. The van der Waals surface area contributed by atoms with Gasteiger partial charge in [-0.2, -0.15) is 0 Å². The molecule has 1 aliphatic heterocycles. The Morgan fingerprint density at radius 1 is 1.11 bits per heavy atom. The molecule has 10 heteroatoms. The highest BCUT2D eigenvalue weighted by molar-refractivity contribution is 14.0. The van der Waals surface area contributed by atoms with Crippen molar-refractivity contribution in [1.82, 2.24) is 9.80 Å². The Bertz CT molecular complexity index is 796. The molecule has 158 valence electrons. The molecular formula is C18H29IN4O4S. The van der Waals surface area contributed by atoms with E-state index in [-0.39, 0.29) is 35.0 Å². The number of ether oxygens (including phenoxy) is 1. The fraction of sp³-hybridized carbons (Fsp3) is 0.556. The minimum atomic E-state index is -3.20. The lowest BCUT2D eigenvalue weighted by atomic mass is 10.2. The average molecular weight is 524 g/mol. The van der Waals surface area contributed by atoms with Crippen molar-refractivity contribution in [3.05, 3.63) is 29.8 Å². The molecule has 2 N–H and O–H groups in total. The van der Waals surface area contributed by atoms with Crippen molar-refractivity contribution in [2.24, 2.45) is 10.7 Å². The van der Waals surface area contributed by atoms with E-state index in [1.165, 1.54) is 6.26 Å². The molecule has 0 bridgehead atoms. The smallest absolute Gasteiger partial charge is 0.410 e. The number of carbonyl (C=O) groups is 1. The molecule has 1 saturated heterocycles. The van der Waals surface area contributed by atoms with Crippen LogP contribution < -0.4 is 5.73 Å². The SMILES string of the molecule is CC(C)(C)OC(=O)N1CCN(C(N)=NCc2ccc(S(C)(=O)=O)cc2)CC1.I. The number of nitrogens with zero attached hydrogens (tertiary/aromatic N) is 3. The maximum Gasteiger partial charge on any atom is 0.410 e. The first-order valence-electron chi connectivity index (χ1n) is 8.77. The van der Waals surface area contributed by atoms with E-state index in [2.05, 4.69) is 4.99 Å². The molecule has 1 amide bonds. The Labute approximate surface area is 184 Å². The Morgan fingerprint density at radius 2 is 1.61 bits per heavy atom. The fourth-order valence-corrected chi connectivity index (χ4v) is 3.19. The standard InChI is InChI=1S/C18H28N4O4S.HI/c1-18(2,3)26-17(23)22-11-9-21(10-12-22)16(19)20-13-14-5-7-15(8-6-14)27(4,24)25;/h5-8H,9-13H2,1-4H3,(H2,19,20);1H. The topological polar surface area (TPSA) is 105 Å². The summed E-state index contributed by atoms with van der Waals surface area (Å²) in [7, 11) is -3.20. The zero-order valence-corrected chi connectivity index (χ0v) is 19.9. The molecular weight excluding hydrogens is 495 g/mol. The van der Waals surface area contributed by atoms with E-state index in [0.717, 1.165) is 5.56 Å². The van der Waals surface area contributed by atoms with E-state index in [9.17, 15) is 13.2 Å². The van der Waals surface area contributed by atoms with Gasteiger partial charge in [-0.25, -0.2) is 18.2 Å². The van der Waals surface area contributed by atoms with E-state index in [4.69, 9.17) is 10.5 Å². The molecule has 28 heavy (non-hydrogen) atoms. The van der Waals surface area contributed by atoms with Gasteiger partial charge in [0.25, 0.3) is 0 Å². The predicted octanol–water partition coefficient (Wildman–Crippen LogP) is 2.08. The van der Waals surface area contributed by atoms with Gasteiger partial charge >= 0.3 is 6.09 Å². The number of benzene rings is 1. The molecule has 0 unspecified atom stereocenters. The maximum atomic E-state index is 12.1. The lowest BCUT2D eigenvalue weighted by molar-refractivity contribution is 0.0186. The Kier molecular flexibility index (Phi) is 8.54. The molecule has 0 aromatic heterocycles. The summed E-state index contributed by atoms with van der Waals surface area (Å²) in [5, 5.41) is 0. The number of halogens is 1. The summed E-state index contributed by atoms with van der Waals surface area (Å²) in [4.78, 5) is 20.3. The number of hydrogen-bond acceptors (Lipinski definition) is 5. The van der Waals surface area contributed by atoms with Gasteiger partial charge in [0.2, 0.25) is 0 Å². The number of sulfone groups is 1. The van der Waals surface area contributed by atoms with Crippen LogP contribution in [0.2, 0.25) is 0 Å². The fourth-order valence-electron chi connectivity index (χ4n) is 2.56. The second-order valence-electron chi connectivity index (χ2n) is 7.54. The Hall–Kier alpha value is -1.56. The highest BCUT2D eigenvalue weighted by Crippen LogP contribution is 2.13. The van der Waals surface area contributed by atoms with Crippen LogP contribution in [0.5, 0.6) is 0 Å². The minimum Gasteiger partial charge on any atom is -0.444 e. The van der Waals surface area contributed by atoms with Crippen LogP contribution in [0.1, 0.15) is 26.3 Å². The summed E-state index contributed by atoms with van der Waals surface area (Å²) < 4.78 is 28.3. The summed E-state index contributed by atoms with van der Waals surface area (Å²) >= 11 is 0. The minimum absolute atomic E-state index is 0. The van der Waals surface area contributed by atoms with Crippen molar-refractivity contribution in [2.45, 2.75) is 37.8 Å². The van der Waals surface area contributed by atoms with Crippen molar-refractivity contribution in [1.29, 1.82) is 0 Å². The van der Waals surface area contributed by atoms with Crippen LogP contribution in [0.4, 0.5) is 4.79 Å². The quantitative estimate of drug-likeness (QED) is 0.369. The van der Waals surface area contributed by atoms with Gasteiger partial charge in [0, 0.05) is 32.4 Å². The molecule has 1 heterocycles. The normalized spacial score (nSPS) is 15.8. The number of hydrogen-bond donors (Lipinski definition) is 1. The second kappa shape index (κ2) is 9.77. The number of nitrogens with two attached hydrogens (primary N) is 1. The monoisotopic (exact) mass is 524 g/mol. The molecule has 1 fully saturated rings. The lowest BCUT2D eigenvalue weighted by Gasteiger charge is -2.36. The summed E-state index contributed by atoms with van der Waals surface area (Å²) in [6, 6.07) is 6.59. The van der Waals surface area contributed by atoms with Gasteiger partial charge in [-0.15, -0.1) is 24.0 Å². The van der Waals surface area contributed by atoms with Gasteiger partial charge < -0.3 is 20.3 Å². The molecule has 0 atom stereocenters. The van der Waals surface area contributed by atoms with Crippen molar-refractivity contribution in [3.8, 4) is 0 Å². The first-order valence-corrected chi connectivity index (χ1v) is 10.7. The number of carbonyl (C=O) groups excluding carboxylic acids is 1. The van der Waals surface area contributed by atoms with Gasteiger partial charge in [-0.05, 0) is 38.5 Å². The van der Waals surface area contributed by atoms with Crippen LogP contribution in [0.15, 0.2) is 34.2 Å². The number of amides is 1. The highest BCUT2D eigenvalue weighted by atomic mass is 127. The molecule has 8 nitrogen and oxygen atoms in total. The third-order valence-electron chi connectivity index (χ3n) is 4.03. The van der Waals surface area contributed by atoms with E-state index in [1.807, 2.05) is 25.7 Å². The van der Waals surface area contributed by atoms with Gasteiger partial charge in [-0.3, -0.25) is 0 Å². The summed E-state index contributed by atoms with van der Waals surface area (Å²) in [5.74, 6) is 0.408. The third kappa shape index (κ3) is 7.46. The first-order chi connectivity index (χ1) is 12.5. The number of rotatable bonds is 3. The van der Waals surface area contributed by atoms with Gasteiger partial charge in [0.1, 0.15) is 5.60 Å². The summed E-state index contributed by atoms with van der Waals surface area (Å²) in [6.07, 6.45) is 0.860. The Balaban J connectivity index is 0.00000392. The van der Waals surface area contributed by atoms with Crippen molar-refractivity contribution in [3.63, 3.8) is 0 Å². The molecule has 0 radical (unpaired) electrons. The number of aliphatic imine (C=N–C) groups is 1. The van der Waals surface area contributed by atoms with Crippen LogP contribution in [0.25, 0.3) is 0 Å². The number of guanidine groups is 1. The highest BCUT2D eigenvalue weighted by Gasteiger charge is 2.26. The van der Waals surface area contributed by atoms with Crippen LogP contribution >= 0.6 is 24.0 Å². The van der Waals surface area contributed by atoms with E-state index in [0.29, 0.717) is 38.7 Å². The van der Waals surface area contributed by atoms with Crippen LogP contribution in [0, 0.1) is 0 Å². The van der Waals surface area contributed by atoms with Crippen LogP contribution in [-0.2, 0) is 21.1 Å². The van der Waals surface area contributed by atoms with Crippen molar-refractivity contribution in [2.75, 3.05) is 32.4 Å². The average Bonchev–Trinajstić information content (AvgIpc) is 2.58. The Morgan fingerprint density at radius 3 is 2.07 bits per heavy atom. The molecule has 1 aliphatic rings. The molecule has 2 rings (SSSR count). The van der Waals surface area contributed by atoms with E-state index >= 15 is 0 Å². The van der Waals surface area contributed by atoms with Crippen LogP contribution in [0.3, 0.4) is 0 Å². The number of piperazine rings is 1. The van der Waals surface area contributed by atoms with Gasteiger partial charge in [-0.1, -0.05) is 12.1 Å². The lowest BCUT2D eigenvalue weighted by Crippen LogP contribution is -2.53. The molecule has 1 aromatic rings. The summed E-state index contributed by atoms with van der Waals surface area (Å²) in [6.45, 7) is 8.10. The predicted molar refractivity (Wildman–Crippen MR) is 120 cm³/mol. The zero-order chi connectivity index (χ0) is 20.2. The third-order valence-corrected chi connectivity index (χ3v) is 5.16. The largest absolute Gasteiger partial charge is 0.444 e. The molecule has 1 aromatic carbocycles. The second-order valence-corrected chi connectivity index (χ2v) is 9.56. The molecule has 0 spiro atoms. The first kappa shape index (κ1) is 24.5. The van der Waals surface area contributed by atoms with Crippen molar-refractivity contribution >= 4 is 45.9 Å². The zero-order valence-electron chi connectivity index (χ0n) is 16.7. The maximum absolute atomic E-state index is 12.1. The van der Waals surface area contributed by atoms with E-state index < -0.39 is 15.4 Å². The van der Waals surface area contributed by atoms with Crippen LogP contribution in [-0.4, -0.2) is 68.3 Å². The molecule has 0 aliphatic carbocycles. The molecule has 0 saturated carbocycles. The van der Waals surface area contributed by atoms with Gasteiger partial charge in [0.05, 0.1) is 11.4 Å². The van der Waals surface area contributed by atoms with E-state index in [1.54, 1.807) is 29.2 Å². The van der Waals surface area contributed by atoms with Crippen molar-refractivity contribution < 1.29 is 17.9 Å².